The molecule has 1 atom stereocenters. The lowest BCUT2D eigenvalue weighted by Gasteiger charge is -2.23. The van der Waals surface area contributed by atoms with Gasteiger partial charge in [0.05, 0.1) is 5.69 Å². The van der Waals surface area contributed by atoms with E-state index in [0.29, 0.717) is 22.5 Å². The van der Waals surface area contributed by atoms with Crippen LogP contribution in [0.3, 0.4) is 0 Å². The first kappa shape index (κ1) is 17.9. The van der Waals surface area contributed by atoms with E-state index in [4.69, 9.17) is 0 Å². The van der Waals surface area contributed by atoms with E-state index in [-0.39, 0.29) is 12.5 Å². The number of benzene rings is 3. The molecular formula is C23H20N2O3. The molecule has 28 heavy (non-hydrogen) atoms. The third-order valence-electron chi connectivity index (χ3n) is 4.93. The zero-order chi connectivity index (χ0) is 19.7. The Morgan fingerprint density at radius 3 is 2.46 bits per heavy atom. The van der Waals surface area contributed by atoms with Crippen LogP contribution in [0, 0.1) is 6.92 Å². The minimum atomic E-state index is -1.80. The normalized spacial score (nSPS) is 18.1. The molecule has 2 N–H and O–H groups in total. The van der Waals surface area contributed by atoms with Gasteiger partial charge in [0.2, 0.25) is 5.91 Å². The summed E-state index contributed by atoms with van der Waals surface area (Å²) >= 11 is 0. The SMILES string of the molecule is Cc1cccc(NC(=O)CN2C(=O)C(O)(c3ccccc3)c3ccccc32)c1. The van der Waals surface area contributed by atoms with Gasteiger partial charge in [-0.1, -0.05) is 60.7 Å². The van der Waals surface area contributed by atoms with Gasteiger partial charge in [0.25, 0.3) is 5.91 Å². The van der Waals surface area contributed by atoms with Crippen molar-refractivity contribution in [3.63, 3.8) is 0 Å². The summed E-state index contributed by atoms with van der Waals surface area (Å²) in [5.74, 6) is -0.856. The number of hydrogen-bond acceptors (Lipinski definition) is 3. The van der Waals surface area contributed by atoms with Crippen LogP contribution in [0.4, 0.5) is 11.4 Å². The molecule has 0 aromatic heterocycles. The number of nitrogens with one attached hydrogen (secondary N) is 1. The average Bonchev–Trinajstić information content (AvgIpc) is 2.92. The second-order valence-corrected chi connectivity index (χ2v) is 6.90. The first-order chi connectivity index (χ1) is 13.5. The Balaban J connectivity index is 1.65. The first-order valence-corrected chi connectivity index (χ1v) is 9.06. The lowest BCUT2D eigenvalue weighted by atomic mass is 9.88. The van der Waals surface area contributed by atoms with Crippen LogP contribution in [0.5, 0.6) is 0 Å². The molecule has 140 valence electrons. The van der Waals surface area contributed by atoms with Gasteiger partial charge in [-0.2, -0.15) is 0 Å². The number of aryl methyl sites for hydroxylation is 1. The maximum atomic E-state index is 13.2. The molecule has 0 aliphatic carbocycles. The summed E-state index contributed by atoms with van der Waals surface area (Å²) in [6.07, 6.45) is 0. The highest BCUT2D eigenvalue weighted by Gasteiger charge is 2.51. The molecule has 0 spiro atoms. The van der Waals surface area contributed by atoms with E-state index < -0.39 is 11.5 Å². The largest absolute Gasteiger partial charge is 0.372 e. The lowest BCUT2D eigenvalue weighted by Crippen LogP contribution is -2.44. The van der Waals surface area contributed by atoms with Crippen LogP contribution < -0.4 is 10.2 Å². The Morgan fingerprint density at radius 2 is 1.71 bits per heavy atom. The highest BCUT2D eigenvalue weighted by Crippen LogP contribution is 2.44. The van der Waals surface area contributed by atoms with Crippen molar-refractivity contribution < 1.29 is 14.7 Å². The molecule has 3 aromatic carbocycles. The van der Waals surface area contributed by atoms with Crippen LogP contribution in [0.15, 0.2) is 78.9 Å². The third-order valence-corrected chi connectivity index (χ3v) is 4.93. The molecule has 0 saturated heterocycles. The van der Waals surface area contributed by atoms with Gasteiger partial charge >= 0.3 is 0 Å². The predicted octanol–water partition coefficient (Wildman–Crippen LogP) is 3.22. The Hall–Kier alpha value is -3.44. The second kappa shape index (κ2) is 6.94. The van der Waals surface area contributed by atoms with Gasteiger partial charge in [0.15, 0.2) is 5.60 Å². The smallest absolute Gasteiger partial charge is 0.268 e. The minimum absolute atomic E-state index is 0.182. The molecule has 4 rings (SSSR count). The predicted molar refractivity (Wildman–Crippen MR) is 108 cm³/mol. The molecule has 2 amide bonds. The molecule has 1 unspecified atom stereocenters. The molecule has 0 radical (unpaired) electrons. The van der Waals surface area contributed by atoms with Gasteiger partial charge in [0.1, 0.15) is 6.54 Å². The minimum Gasteiger partial charge on any atom is -0.372 e. The van der Waals surface area contributed by atoms with Crippen LogP contribution in [0.25, 0.3) is 0 Å². The number of anilines is 2. The number of para-hydroxylation sites is 1. The van der Waals surface area contributed by atoms with E-state index in [9.17, 15) is 14.7 Å². The first-order valence-electron chi connectivity index (χ1n) is 9.06. The molecule has 3 aromatic rings. The number of rotatable bonds is 4. The summed E-state index contributed by atoms with van der Waals surface area (Å²) in [6.45, 7) is 1.76. The fourth-order valence-corrected chi connectivity index (χ4v) is 3.62. The van der Waals surface area contributed by atoms with Crippen LogP contribution in [0.2, 0.25) is 0 Å². The summed E-state index contributed by atoms with van der Waals surface area (Å²) in [4.78, 5) is 27.2. The summed E-state index contributed by atoms with van der Waals surface area (Å²) in [6, 6.07) is 23.3. The van der Waals surface area contributed by atoms with Crippen LogP contribution >= 0.6 is 0 Å². The Labute approximate surface area is 163 Å². The summed E-state index contributed by atoms with van der Waals surface area (Å²) in [5, 5.41) is 14.2. The third kappa shape index (κ3) is 2.96. The van der Waals surface area contributed by atoms with Gasteiger partial charge < -0.3 is 10.4 Å². The maximum absolute atomic E-state index is 13.2. The van der Waals surface area contributed by atoms with Crippen molar-refractivity contribution >= 4 is 23.2 Å². The van der Waals surface area contributed by atoms with Crippen LogP contribution in [0.1, 0.15) is 16.7 Å². The summed E-state index contributed by atoms with van der Waals surface area (Å²) < 4.78 is 0. The lowest BCUT2D eigenvalue weighted by molar-refractivity contribution is -0.133. The number of amides is 2. The molecule has 5 heteroatoms. The van der Waals surface area contributed by atoms with E-state index in [2.05, 4.69) is 5.32 Å². The van der Waals surface area contributed by atoms with Gasteiger partial charge in [-0.3, -0.25) is 14.5 Å². The Kier molecular flexibility index (Phi) is 4.45. The number of fused-ring (bicyclic) bond motifs is 1. The Bertz CT molecular complexity index is 1050. The molecule has 0 saturated carbocycles. The topological polar surface area (TPSA) is 69.6 Å². The van der Waals surface area contributed by atoms with Gasteiger partial charge in [-0.15, -0.1) is 0 Å². The molecule has 0 fully saturated rings. The zero-order valence-corrected chi connectivity index (χ0v) is 15.4. The fourth-order valence-electron chi connectivity index (χ4n) is 3.62. The van der Waals surface area contributed by atoms with E-state index in [0.717, 1.165) is 5.56 Å². The number of carbonyl (C=O) groups is 2. The number of nitrogens with zero attached hydrogens (tertiary/aromatic N) is 1. The van der Waals surface area contributed by atoms with Crippen molar-refractivity contribution in [1.29, 1.82) is 0 Å². The van der Waals surface area contributed by atoms with Crippen molar-refractivity contribution in [2.24, 2.45) is 0 Å². The van der Waals surface area contributed by atoms with Gasteiger partial charge in [-0.25, -0.2) is 0 Å². The molecule has 1 aliphatic heterocycles. The van der Waals surface area contributed by atoms with Crippen molar-refractivity contribution in [3.05, 3.63) is 95.6 Å². The second-order valence-electron chi connectivity index (χ2n) is 6.90. The van der Waals surface area contributed by atoms with Gasteiger partial charge in [0, 0.05) is 11.3 Å². The van der Waals surface area contributed by atoms with Crippen LogP contribution in [-0.4, -0.2) is 23.5 Å². The Morgan fingerprint density at radius 1 is 1.00 bits per heavy atom. The van der Waals surface area contributed by atoms with E-state index >= 15 is 0 Å². The van der Waals surface area contributed by atoms with Crippen molar-refractivity contribution in [3.8, 4) is 0 Å². The molecule has 1 aliphatic rings. The van der Waals surface area contributed by atoms with E-state index in [1.54, 1.807) is 54.6 Å². The average molecular weight is 372 g/mol. The maximum Gasteiger partial charge on any atom is 0.268 e. The highest BCUT2D eigenvalue weighted by atomic mass is 16.3. The standard InChI is InChI=1S/C23H20N2O3/c1-16-8-7-11-18(14-16)24-21(26)15-25-20-13-6-5-12-19(20)23(28,22(25)27)17-9-3-2-4-10-17/h2-14,28H,15H2,1H3,(H,24,26). The summed E-state index contributed by atoms with van der Waals surface area (Å²) in [7, 11) is 0. The zero-order valence-electron chi connectivity index (χ0n) is 15.4. The van der Waals surface area contributed by atoms with E-state index in [1.807, 2.05) is 31.2 Å². The van der Waals surface area contributed by atoms with Gasteiger partial charge in [-0.05, 0) is 36.2 Å². The molecule has 5 nitrogen and oxygen atoms in total. The fraction of sp³-hybridized carbons (Fsp3) is 0.130. The number of aliphatic hydroxyl groups is 1. The monoisotopic (exact) mass is 372 g/mol. The van der Waals surface area contributed by atoms with Crippen molar-refractivity contribution in [2.75, 3.05) is 16.8 Å². The highest BCUT2D eigenvalue weighted by molar-refractivity contribution is 6.12. The number of carbonyl (C=O) groups excluding carboxylic acids is 2. The summed E-state index contributed by atoms with van der Waals surface area (Å²) in [5.41, 5.74) is 1.39. The van der Waals surface area contributed by atoms with Crippen LogP contribution in [-0.2, 0) is 15.2 Å². The van der Waals surface area contributed by atoms with Crippen molar-refractivity contribution in [2.45, 2.75) is 12.5 Å². The number of hydrogen-bond donors (Lipinski definition) is 2. The van der Waals surface area contributed by atoms with E-state index in [1.165, 1.54) is 4.90 Å². The molecule has 0 bridgehead atoms. The van der Waals surface area contributed by atoms with Crippen molar-refractivity contribution in [1.82, 2.24) is 0 Å². The molecular weight excluding hydrogens is 352 g/mol. The quantitative estimate of drug-likeness (QED) is 0.739. The molecule has 1 heterocycles.